The fraction of sp³-hybridized carbons (Fsp3) is 0.885. The van der Waals surface area contributed by atoms with Gasteiger partial charge in [0, 0.05) is 5.41 Å². The summed E-state index contributed by atoms with van der Waals surface area (Å²) < 4.78 is 11.3. The van der Waals surface area contributed by atoms with E-state index in [0.717, 1.165) is 50.9 Å². The zero-order valence-electron chi connectivity index (χ0n) is 19.3. The van der Waals surface area contributed by atoms with Crippen LogP contribution in [0.5, 0.6) is 0 Å². The van der Waals surface area contributed by atoms with Crippen molar-refractivity contribution >= 4 is 6.16 Å². The minimum atomic E-state index is -0.456. The van der Waals surface area contributed by atoms with Crippen LogP contribution in [0.1, 0.15) is 97.8 Å². The Labute approximate surface area is 182 Å². The Morgan fingerprint density at radius 1 is 1.07 bits per heavy atom. The van der Waals surface area contributed by atoms with Crippen LogP contribution in [0.25, 0.3) is 0 Å². The number of carbonyl (C=O) groups excluding carboxylic acids is 1. The van der Waals surface area contributed by atoms with Gasteiger partial charge in [-0.1, -0.05) is 51.7 Å². The van der Waals surface area contributed by atoms with Gasteiger partial charge in [-0.15, -0.1) is 0 Å². The second kappa shape index (κ2) is 8.84. The predicted octanol–water partition coefficient (Wildman–Crippen LogP) is 6.41. The summed E-state index contributed by atoms with van der Waals surface area (Å²) in [6.07, 6.45) is 14.8. The molecule has 4 rings (SSSR count). The summed E-state index contributed by atoms with van der Waals surface area (Å²) in [7, 11) is 0. The van der Waals surface area contributed by atoms with Crippen LogP contribution >= 0.6 is 0 Å². The molecule has 0 bridgehead atoms. The second-order valence-corrected chi connectivity index (χ2v) is 11.0. The Morgan fingerprint density at radius 2 is 1.90 bits per heavy atom. The van der Waals surface area contributed by atoms with Crippen LogP contribution in [-0.2, 0) is 9.47 Å². The van der Waals surface area contributed by atoms with Crippen molar-refractivity contribution in [1.29, 1.82) is 0 Å². The van der Waals surface area contributed by atoms with E-state index in [4.69, 9.17) is 9.47 Å². The first-order valence-electron chi connectivity index (χ1n) is 12.6. The molecular weight excluding hydrogens is 376 g/mol. The third kappa shape index (κ3) is 3.94. The lowest BCUT2D eigenvalue weighted by Crippen LogP contribution is -2.51. The van der Waals surface area contributed by atoms with Crippen molar-refractivity contribution in [3.05, 3.63) is 11.6 Å². The molecule has 170 valence electrons. The molecular formula is C26H42O4. The Hall–Kier alpha value is -1.03. The fourth-order valence-corrected chi connectivity index (χ4v) is 7.69. The van der Waals surface area contributed by atoms with Gasteiger partial charge < -0.3 is 14.6 Å². The van der Waals surface area contributed by atoms with Crippen LogP contribution in [0.2, 0.25) is 0 Å². The van der Waals surface area contributed by atoms with Crippen molar-refractivity contribution in [3.63, 3.8) is 0 Å². The molecule has 0 saturated heterocycles. The van der Waals surface area contributed by atoms with Crippen molar-refractivity contribution in [2.75, 3.05) is 6.61 Å². The van der Waals surface area contributed by atoms with E-state index in [-0.39, 0.29) is 23.0 Å². The fourth-order valence-electron chi connectivity index (χ4n) is 7.69. The van der Waals surface area contributed by atoms with E-state index < -0.39 is 6.16 Å². The van der Waals surface area contributed by atoms with Crippen molar-refractivity contribution < 1.29 is 19.4 Å². The van der Waals surface area contributed by atoms with Crippen LogP contribution in [0.4, 0.5) is 4.79 Å². The SMILES string of the molecule is CCCCCCOC(=O)O[C@H]1CC[C@H]2[C@@H]3CCC4=C[C@H](O)CC[C@]4(C)[C@H]3CC[C@]12C. The highest BCUT2D eigenvalue weighted by Gasteiger charge is 2.60. The largest absolute Gasteiger partial charge is 0.508 e. The standard InChI is InChI=1S/C26H42O4/c1-4-5-6-7-16-29-24(28)30-23-11-10-21-20-9-8-18-17-19(27)12-14-25(18,2)22(20)13-15-26(21,23)3/h17,19-23,27H,4-16H2,1-3H3/t19-,20+,21+,22+,23+,25+,26+/m1/s1. The molecule has 0 amide bonds. The summed E-state index contributed by atoms with van der Waals surface area (Å²) in [5.74, 6) is 2.08. The molecule has 4 nitrogen and oxygen atoms in total. The number of rotatable bonds is 6. The van der Waals surface area contributed by atoms with E-state index in [1.54, 1.807) is 0 Å². The summed E-state index contributed by atoms with van der Waals surface area (Å²) in [6, 6.07) is 0. The first-order chi connectivity index (χ1) is 14.4. The average molecular weight is 419 g/mol. The van der Waals surface area contributed by atoms with Gasteiger partial charge in [-0.05, 0) is 81.0 Å². The first-order valence-corrected chi connectivity index (χ1v) is 12.6. The van der Waals surface area contributed by atoms with E-state index in [1.807, 2.05) is 0 Å². The Bertz CT molecular complexity index is 657. The van der Waals surface area contributed by atoms with Crippen molar-refractivity contribution in [2.45, 2.75) is 110 Å². The minimum absolute atomic E-state index is 0.00418. The van der Waals surface area contributed by atoms with Gasteiger partial charge in [-0.3, -0.25) is 0 Å². The van der Waals surface area contributed by atoms with E-state index in [2.05, 4.69) is 26.8 Å². The number of aliphatic hydroxyl groups is 1. The number of ether oxygens (including phenoxy) is 2. The molecule has 0 radical (unpaired) electrons. The highest BCUT2D eigenvalue weighted by atomic mass is 16.7. The first kappa shape index (κ1) is 22.2. The molecule has 30 heavy (non-hydrogen) atoms. The summed E-state index contributed by atoms with van der Waals surface area (Å²) in [6.45, 7) is 7.50. The molecule has 4 aliphatic rings. The van der Waals surface area contributed by atoms with Gasteiger partial charge in [0.1, 0.15) is 6.10 Å². The van der Waals surface area contributed by atoms with Crippen molar-refractivity contribution in [3.8, 4) is 0 Å². The molecule has 0 aromatic rings. The molecule has 3 fully saturated rings. The lowest BCUT2D eigenvalue weighted by Gasteiger charge is -2.58. The van der Waals surface area contributed by atoms with Crippen LogP contribution in [0.15, 0.2) is 11.6 Å². The maximum Gasteiger partial charge on any atom is 0.508 e. The predicted molar refractivity (Wildman–Crippen MR) is 118 cm³/mol. The van der Waals surface area contributed by atoms with Gasteiger partial charge in [0.05, 0.1) is 12.7 Å². The van der Waals surface area contributed by atoms with E-state index in [1.165, 1.54) is 37.7 Å². The molecule has 0 spiro atoms. The van der Waals surface area contributed by atoms with Gasteiger partial charge >= 0.3 is 6.16 Å². The summed E-state index contributed by atoms with van der Waals surface area (Å²) in [5, 5.41) is 10.1. The quantitative estimate of drug-likeness (QED) is 0.307. The zero-order chi connectivity index (χ0) is 21.4. The normalized spacial score (nSPS) is 42.5. The highest BCUT2D eigenvalue weighted by molar-refractivity contribution is 5.60. The highest BCUT2D eigenvalue weighted by Crippen LogP contribution is 2.65. The number of allylic oxidation sites excluding steroid dienone is 1. The second-order valence-electron chi connectivity index (χ2n) is 11.0. The van der Waals surface area contributed by atoms with E-state index >= 15 is 0 Å². The molecule has 7 atom stereocenters. The lowest BCUT2D eigenvalue weighted by atomic mass is 9.47. The smallest absolute Gasteiger partial charge is 0.434 e. The molecule has 0 aliphatic heterocycles. The number of hydrogen-bond acceptors (Lipinski definition) is 4. The topological polar surface area (TPSA) is 55.8 Å². The summed E-state index contributed by atoms with van der Waals surface area (Å²) in [5.41, 5.74) is 1.87. The molecule has 4 heteroatoms. The molecule has 4 aliphatic carbocycles. The lowest BCUT2D eigenvalue weighted by molar-refractivity contribution is -0.0886. The summed E-state index contributed by atoms with van der Waals surface area (Å²) in [4.78, 5) is 12.3. The van der Waals surface area contributed by atoms with Crippen LogP contribution < -0.4 is 0 Å². The third-order valence-corrected chi connectivity index (χ3v) is 9.46. The van der Waals surface area contributed by atoms with Crippen LogP contribution in [0.3, 0.4) is 0 Å². The number of unbranched alkanes of at least 4 members (excludes halogenated alkanes) is 3. The summed E-state index contributed by atoms with van der Waals surface area (Å²) >= 11 is 0. The van der Waals surface area contributed by atoms with Crippen molar-refractivity contribution in [2.24, 2.45) is 28.6 Å². The third-order valence-electron chi connectivity index (χ3n) is 9.46. The Balaban J connectivity index is 1.38. The molecule has 3 saturated carbocycles. The molecule has 0 aromatic heterocycles. The van der Waals surface area contributed by atoms with Crippen molar-refractivity contribution in [1.82, 2.24) is 0 Å². The van der Waals surface area contributed by atoms with Gasteiger partial charge in [0.2, 0.25) is 0 Å². The number of fused-ring (bicyclic) bond motifs is 5. The molecule has 1 N–H and O–H groups in total. The number of aliphatic hydroxyl groups excluding tert-OH is 1. The van der Waals surface area contributed by atoms with Gasteiger partial charge in [-0.2, -0.15) is 0 Å². The maximum atomic E-state index is 12.3. The number of carbonyl (C=O) groups is 1. The molecule has 0 unspecified atom stereocenters. The van der Waals surface area contributed by atoms with Gasteiger partial charge in [0.15, 0.2) is 0 Å². The van der Waals surface area contributed by atoms with Crippen LogP contribution in [-0.4, -0.2) is 30.1 Å². The maximum absolute atomic E-state index is 12.3. The van der Waals surface area contributed by atoms with Crippen LogP contribution in [0, 0.1) is 28.6 Å². The monoisotopic (exact) mass is 418 g/mol. The van der Waals surface area contributed by atoms with E-state index in [9.17, 15) is 9.90 Å². The molecule has 0 heterocycles. The minimum Gasteiger partial charge on any atom is -0.434 e. The van der Waals surface area contributed by atoms with E-state index in [0.29, 0.717) is 18.4 Å². The number of hydrogen-bond donors (Lipinski definition) is 1. The van der Waals surface area contributed by atoms with Gasteiger partial charge in [-0.25, -0.2) is 4.79 Å². The molecule has 0 aromatic carbocycles. The van der Waals surface area contributed by atoms with Gasteiger partial charge in [0.25, 0.3) is 0 Å². The Kier molecular flexibility index (Phi) is 6.53. The zero-order valence-corrected chi connectivity index (χ0v) is 19.3. The Morgan fingerprint density at radius 3 is 2.70 bits per heavy atom. The average Bonchev–Trinajstić information content (AvgIpc) is 3.04.